The first kappa shape index (κ1) is 10.8. The molecule has 52 valence electrons. The molecule has 1 aliphatic heterocycles. The van der Waals surface area contributed by atoms with Crippen molar-refractivity contribution < 1.29 is 9.59 Å². The van der Waals surface area contributed by atoms with Crippen LogP contribution in [0.5, 0.6) is 0 Å². The zero-order valence-corrected chi connectivity index (χ0v) is 3.47. The van der Waals surface area contributed by atoms with E-state index < -0.39 is 0 Å². The lowest BCUT2D eigenvalue weighted by molar-refractivity contribution is -0.123. The summed E-state index contributed by atoms with van der Waals surface area (Å²) < 4.78 is 0. The van der Waals surface area contributed by atoms with Gasteiger partial charge in [-0.05, 0) is 0 Å². The molecule has 9 heavy (non-hydrogen) atoms. The molecule has 0 bridgehead atoms. The fourth-order valence-electron chi connectivity index (χ4n) is 0.356. The molecule has 0 atom stereocenters. The van der Waals surface area contributed by atoms with Gasteiger partial charge < -0.3 is 0 Å². The normalized spacial score (nSPS) is 13.8. The van der Waals surface area contributed by atoms with Gasteiger partial charge in [0, 0.05) is 12.2 Å². The monoisotopic (exact) mass is 129 g/mol. The number of carbonyl (C=O) groups excluding carboxylic acids is 2. The van der Waals surface area contributed by atoms with Crippen molar-refractivity contribution in [1.82, 2.24) is 5.32 Å². The number of rotatable bonds is 0. The van der Waals surface area contributed by atoms with Crippen LogP contribution >= 0.6 is 0 Å². The molecule has 0 radical (unpaired) electrons. The number of imide groups is 1. The summed E-state index contributed by atoms with van der Waals surface area (Å²) in [6, 6.07) is 0. The maximum absolute atomic E-state index is 10.0. The lowest BCUT2D eigenvalue weighted by Gasteiger charge is -1.80. The largest absolute Gasteiger partial charge is 0.289 e. The minimum Gasteiger partial charge on any atom is -0.289 e. The molecule has 0 saturated heterocycles. The molecule has 0 aliphatic carbocycles. The Labute approximate surface area is 54.8 Å². The van der Waals surface area contributed by atoms with Gasteiger partial charge in [0.1, 0.15) is 0 Å². The van der Waals surface area contributed by atoms with Crippen LogP contribution in [0.1, 0.15) is 14.9 Å². The minimum absolute atomic E-state index is 0. The third kappa shape index (κ3) is 2.64. The van der Waals surface area contributed by atoms with Crippen LogP contribution in [0.15, 0.2) is 12.2 Å². The first-order valence-electron chi connectivity index (χ1n) is 1.82. The Balaban J connectivity index is 0. The van der Waals surface area contributed by atoms with Crippen molar-refractivity contribution in [1.29, 1.82) is 0 Å². The zero-order chi connectivity index (χ0) is 5.28. The summed E-state index contributed by atoms with van der Waals surface area (Å²) >= 11 is 0. The Morgan fingerprint density at radius 1 is 1.00 bits per heavy atom. The van der Waals surface area contributed by atoms with Gasteiger partial charge >= 0.3 is 0 Å². The van der Waals surface area contributed by atoms with Gasteiger partial charge in [-0.25, -0.2) is 0 Å². The smallest absolute Gasteiger partial charge is 0.250 e. The first-order chi connectivity index (χ1) is 3.29. The molecule has 0 aromatic carbocycles. The van der Waals surface area contributed by atoms with Gasteiger partial charge in [-0.15, -0.1) is 0 Å². The molecular formula is C6H11NO2. The van der Waals surface area contributed by atoms with E-state index in [1.807, 2.05) is 5.32 Å². The Morgan fingerprint density at radius 3 is 1.44 bits per heavy atom. The summed E-state index contributed by atoms with van der Waals surface area (Å²) in [5.74, 6) is -0.657. The van der Waals surface area contributed by atoms with E-state index in [0.717, 1.165) is 0 Å². The predicted molar refractivity (Wildman–Crippen MR) is 35.8 cm³/mol. The van der Waals surface area contributed by atoms with Gasteiger partial charge in [-0.2, -0.15) is 0 Å². The third-order valence-corrected chi connectivity index (χ3v) is 0.632. The second-order valence-corrected chi connectivity index (χ2v) is 1.19. The van der Waals surface area contributed by atoms with Crippen molar-refractivity contribution in [2.75, 3.05) is 0 Å². The van der Waals surface area contributed by atoms with Gasteiger partial charge in [-0.3, -0.25) is 14.9 Å². The number of amides is 2. The SMILES string of the molecule is C.C.O=C1C=CC(=O)N1. The number of nitrogens with one attached hydrogen (secondary N) is 1. The van der Waals surface area contributed by atoms with Crippen LogP contribution in [0.25, 0.3) is 0 Å². The Bertz CT molecular complexity index is 133. The van der Waals surface area contributed by atoms with E-state index in [4.69, 9.17) is 0 Å². The highest BCUT2D eigenvalue weighted by molar-refractivity contribution is 6.12. The lowest BCUT2D eigenvalue weighted by Crippen LogP contribution is -2.19. The third-order valence-electron chi connectivity index (χ3n) is 0.632. The van der Waals surface area contributed by atoms with E-state index in [0.29, 0.717) is 0 Å². The van der Waals surface area contributed by atoms with Crippen molar-refractivity contribution in [2.24, 2.45) is 0 Å². The minimum atomic E-state index is -0.329. The van der Waals surface area contributed by atoms with Gasteiger partial charge in [0.2, 0.25) is 0 Å². The Kier molecular flexibility index (Phi) is 4.59. The van der Waals surface area contributed by atoms with Gasteiger partial charge in [0.25, 0.3) is 11.8 Å². The van der Waals surface area contributed by atoms with Crippen LogP contribution in [-0.4, -0.2) is 11.8 Å². The summed E-state index contributed by atoms with van der Waals surface area (Å²) in [5, 5.41) is 2.03. The standard InChI is InChI=1S/C4H3NO2.2CH4/c6-3-1-2-4(7)5-3;;/h1-2H,(H,5,6,7);2*1H4. The van der Waals surface area contributed by atoms with Crippen molar-refractivity contribution in [2.45, 2.75) is 14.9 Å². The topological polar surface area (TPSA) is 46.2 Å². The number of carbonyl (C=O) groups is 2. The second kappa shape index (κ2) is 3.83. The van der Waals surface area contributed by atoms with Crippen LogP contribution in [0.4, 0.5) is 0 Å². The molecule has 0 aromatic rings. The van der Waals surface area contributed by atoms with E-state index in [2.05, 4.69) is 0 Å². The molecule has 1 heterocycles. The lowest BCUT2D eigenvalue weighted by atomic mass is 10.6. The molecule has 3 nitrogen and oxygen atoms in total. The number of hydrogen-bond acceptors (Lipinski definition) is 2. The summed E-state index contributed by atoms with van der Waals surface area (Å²) in [4.78, 5) is 20.1. The fourth-order valence-corrected chi connectivity index (χ4v) is 0.356. The van der Waals surface area contributed by atoms with Gasteiger partial charge in [-0.1, -0.05) is 14.9 Å². The molecule has 0 fully saturated rings. The molecular weight excluding hydrogens is 118 g/mol. The molecule has 0 spiro atoms. The summed E-state index contributed by atoms with van der Waals surface area (Å²) in [6.07, 6.45) is 2.39. The van der Waals surface area contributed by atoms with Crippen LogP contribution in [0.3, 0.4) is 0 Å². The van der Waals surface area contributed by atoms with E-state index in [1.165, 1.54) is 12.2 Å². The molecule has 1 rings (SSSR count). The van der Waals surface area contributed by atoms with Crippen molar-refractivity contribution >= 4 is 11.8 Å². The van der Waals surface area contributed by atoms with E-state index >= 15 is 0 Å². The van der Waals surface area contributed by atoms with E-state index in [9.17, 15) is 9.59 Å². The highest BCUT2D eigenvalue weighted by Crippen LogP contribution is 1.82. The predicted octanol–water partition coefficient (Wildman–Crippen LogP) is 0.471. The van der Waals surface area contributed by atoms with Gasteiger partial charge in [0.05, 0.1) is 0 Å². The summed E-state index contributed by atoms with van der Waals surface area (Å²) in [7, 11) is 0. The average molecular weight is 129 g/mol. The van der Waals surface area contributed by atoms with Crippen LogP contribution in [0, 0.1) is 0 Å². The Morgan fingerprint density at radius 2 is 1.33 bits per heavy atom. The highest BCUT2D eigenvalue weighted by atomic mass is 16.2. The number of hydrogen-bond donors (Lipinski definition) is 1. The Hall–Kier alpha value is -1.12. The molecule has 1 N–H and O–H groups in total. The quantitative estimate of drug-likeness (QED) is 0.483. The van der Waals surface area contributed by atoms with Crippen LogP contribution < -0.4 is 5.32 Å². The molecule has 3 heteroatoms. The first-order valence-corrected chi connectivity index (χ1v) is 1.82. The molecule has 1 aliphatic rings. The van der Waals surface area contributed by atoms with Crippen LogP contribution in [-0.2, 0) is 9.59 Å². The molecule has 0 saturated carbocycles. The van der Waals surface area contributed by atoms with Gasteiger partial charge in [0.15, 0.2) is 0 Å². The van der Waals surface area contributed by atoms with E-state index in [-0.39, 0.29) is 26.7 Å². The zero-order valence-electron chi connectivity index (χ0n) is 3.47. The average Bonchev–Trinajstić information content (AvgIpc) is 1.87. The van der Waals surface area contributed by atoms with Crippen molar-refractivity contribution in [3.63, 3.8) is 0 Å². The maximum Gasteiger partial charge on any atom is 0.250 e. The van der Waals surface area contributed by atoms with Crippen molar-refractivity contribution in [3.8, 4) is 0 Å². The summed E-state index contributed by atoms with van der Waals surface area (Å²) in [5.41, 5.74) is 0. The maximum atomic E-state index is 10.0. The van der Waals surface area contributed by atoms with E-state index in [1.54, 1.807) is 0 Å². The molecule has 0 unspecified atom stereocenters. The van der Waals surface area contributed by atoms with Crippen LogP contribution in [0.2, 0.25) is 0 Å². The molecule has 0 aromatic heterocycles. The summed E-state index contributed by atoms with van der Waals surface area (Å²) in [6.45, 7) is 0. The second-order valence-electron chi connectivity index (χ2n) is 1.19. The highest BCUT2D eigenvalue weighted by Gasteiger charge is 2.06. The molecule has 2 amide bonds. The van der Waals surface area contributed by atoms with Crippen molar-refractivity contribution in [3.05, 3.63) is 12.2 Å². The fraction of sp³-hybridized carbons (Fsp3) is 0.333.